The van der Waals surface area contributed by atoms with Gasteiger partial charge in [-0.1, -0.05) is 196 Å². The molecule has 0 heterocycles. The molecule has 0 fully saturated rings. The van der Waals surface area contributed by atoms with Crippen LogP contribution in [0.1, 0.15) is 239 Å². The van der Waals surface area contributed by atoms with Gasteiger partial charge in [-0.15, -0.1) is 0 Å². The van der Waals surface area contributed by atoms with Crippen LogP contribution in [-0.4, -0.2) is 37.2 Å². The normalized spacial score (nSPS) is 12.7. The third kappa shape index (κ3) is 49.5. The highest BCUT2D eigenvalue weighted by Gasteiger charge is 2.19. The van der Waals surface area contributed by atoms with E-state index in [1.807, 2.05) is 0 Å². The van der Waals surface area contributed by atoms with Crippen molar-refractivity contribution in [1.82, 2.24) is 0 Å². The number of carbonyl (C=O) groups is 3. The molecule has 1 unspecified atom stereocenters. The van der Waals surface area contributed by atoms with Gasteiger partial charge in [0.25, 0.3) is 0 Å². The van der Waals surface area contributed by atoms with Crippen molar-refractivity contribution in [2.45, 2.75) is 245 Å². The second-order valence-electron chi connectivity index (χ2n) is 17.0. The van der Waals surface area contributed by atoms with Crippen LogP contribution in [0.3, 0.4) is 0 Å². The summed E-state index contributed by atoms with van der Waals surface area (Å²) in [4.78, 5) is 38.0. The van der Waals surface area contributed by atoms with E-state index in [4.69, 9.17) is 14.2 Å². The van der Waals surface area contributed by atoms with Crippen LogP contribution in [0, 0.1) is 0 Å². The molecule has 360 valence electrons. The van der Waals surface area contributed by atoms with E-state index in [-0.39, 0.29) is 31.1 Å². The lowest BCUT2D eigenvalue weighted by molar-refractivity contribution is -0.167. The molecule has 6 heteroatoms. The first-order valence-corrected chi connectivity index (χ1v) is 26.1. The highest BCUT2D eigenvalue weighted by Crippen LogP contribution is 2.13. The Balaban J connectivity index is 4.41. The van der Waals surface area contributed by atoms with Gasteiger partial charge in [0.2, 0.25) is 0 Å². The number of hydrogen-bond acceptors (Lipinski definition) is 6. The van der Waals surface area contributed by atoms with E-state index in [1.54, 1.807) is 0 Å². The highest BCUT2D eigenvalue weighted by atomic mass is 16.6. The minimum absolute atomic E-state index is 0.0920. The molecule has 0 N–H and O–H groups in total. The second kappa shape index (κ2) is 51.2. The van der Waals surface area contributed by atoms with E-state index in [9.17, 15) is 14.4 Å². The van der Waals surface area contributed by atoms with Crippen LogP contribution in [0.15, 0.2) is 85.1 Å². The van der Waals surface area contributed by atoms with Crippen LogP contribution in [0.5, 0.6) is 0 Å². The Hall–Kier alpha value is -3.41. The maximum Gasteiger partial charge on any atom is 0.306 e. The molecule has 0 bridgehead atoms. The minimum atomic E-state index is -0.793. The largest absolute Gasteiger partial charge is 0.462 e. The molecule has 0 aliphatic heterocycles. The van der Waals surface area contributed by atoms with Gasteiger partial charge < -0.3 is 14.2 Å². The van der Waals surface area contributed by atoms with Gasteiger partial charge in [-0.3, -0.25) is 14.4 Å². The van der Waals surface area contributed by atoms with Gasteiger partial charge in [0, 0.05) is 19.3 Å². The molecule has 63 heavy (non-hydrogen) atoms. The number of ether oxygens (including phenoxy) is 3. The van der Waals surface area contributed by atoms with Gasteiger partial charge in [-0.05, 0) is 109 Å². The molecule has 0 saturated heterocycles. The summed E-state index contributed by atoms with van der Waals surface area (Å²) < 4.78 is 16.8. The van der Waals surface area contributed by atoms with Crippen LogP contribution < -0.4 is 0 Å². The number of hydrogen-bond donors (Lipinski definition) is 0. The first-order valence-electron chi connectivity index (χ1n) is 26.1. The topological polar surface area (TPSA) is 78.9 Å². The summed E-state index contributed by atoms with van der Waals surface area (Å²) in [7, 11) is 0. The zero-order valence-electron chi connectivity index (χ0n) is 41.1. The molecule has 0 aromatic heterocycles. The Kier molecular flexibility index (Phi) is 48.5. The average Bonchev–Trinajstić information content (AvgIpc) is 3.28. The standard InChI is InChI=1S/C57H96O6/c1-4-7-10-13-16-19-22-24-26-27-28-29-31-32-35-38-41-44-47-50-56(59)62-53-54(52-61-55(58)49-46-43-40-37-34-21-18-15-12-9-6-3)63-57(60)51-48-45-42-39-36-33-30-25-23-20-17-14-11-8-5-2/h7,10,15-20,24-26,28-30,54H,4-6,8-9,11-14,21-23,27,31-53H2,1-3H3/b10-7-,18-15-,19-16-,20-17-,26-24-,29-28-,30-25-. The number of esters is 3. The van der Waals surface area contributed by atoms with Crippen molar-refractivity contribution in [2.75, 3.05) is 13.2 Å². The van der Waals surface area contributed by atoms with Crippen LogP contribution in [0.4, 0.5) is 0 Å². The predicted octanol–water partition coefficient (Wildman–Crippen LogP) is 17.2. The summed E-state index contributed by atoms with van der Waals surface area (Å²) in [5, 5.41) is 0. The highest BCUT2D eigenvalue weighted by molar-refractivity contribution is 5.71. The predicted molar refractivity (Wildman–Crippen MR) is 270 cm³/mol. The quantitative estimate of drug-likeness (QED) is 0.0262. The fourth-order valence-electron chi connectivity index (χ4n) is 6.91. The van der Waals surface area contributed by atoms with E-state index in [0.29, 0.717) is 19.3 Å². The molecule has 6 nitrogen and oxygen atoms in total. The lowest BCUT2D eigenvalue weighted by Crippen LogP contribution is -2.30. The zero-order valence-corrected chi connectivity index (χ0v) is 41.1. The van der Waals surface area contributed by atoms with Crippen molar-refractivity contribution in [2.24, 2.45) is 0 Å². The number of carbonyl (C=O) groups excluding carboxylic acids is 3. The molecule has 0 radical (unpaired) electrons. The first kappa shape index (κ1) is 59.6. The molecule has 0 saturated carbocycles. The Bertz CT molecular complexity index is 1240. The zero-order chi connectivity index (χ0) is 45.8. The molecular weight excluding hydrogens is 781 g/mol. The summed E-state index contributed by atoms with van der Waals surface area (Å²) in [6, 6.07) is 0. The fourth-order valence-corrected chi connectivity index (χ4v) is 6.91. The Morgan fingerprint density at radius 2 is 0.635 bits per heavy atom. The molecule has 0 amide bonds. The Morgan fingerprint density at radius 1 is 0.333 bits per heavy atom. The number of unbranched alkanes of at least 4 members (excludes halogenated alkanes) is 21. The van der Waals surface area contributed by atoms with Crippen LogP contribution in [0.25, 0.3) is 0 Å². The Labute approximate surface area is 388 Å². The Morgan fingerprint density at radius 3 is 1.03 bits per heavy atom. The monoisotopic (exact) mass is 877 g/mol. The van der Waals surface area contributed by atoms with Crippen LogP contribution >= 0.6 is 0 Å². The lowest BCUT2D eigenvalue weighted by atomic mass is 10.1. The smallest absolute Gasteiger partial charge is 0.306 e. The van der Waals surface area contributed by atoms with Crippen LogP contribution in [-0.2, 0) is 28.6 Å². The minimum Gasteiger partial charge on any atom is -0.462 e. The van der Waals surface area contributed by atoms with Gasteiger partial charge in [0.05, 0.1) is 0 Å². The molecule has 0 aromatic carbocycles. The summed E-state index contributed by atoms with van der Waals surface area (Å²) >= 11 is 0. The van der Waals surface area contributed by atoms with Gasteiger partial charge in [-0.25, -0.2) is 0 Å². The van der Waals surface area contributed by atoms with Crippen molar-refractivity contribution in [3.05, 3.63) is 85.1 Å². The first-order chi connectivity index (χ1) is 31.0. The third-order valence-corrected chi connectivity index (χ3v) is 10.9. The summed E-state index contributed by atoms with van der Waals surface area (Å²) in [6.07, 6.45) is 65.6. The van der Waals surface area contributed by atoms with Gasteiger partial charge >= 0.3 is 17.9 Å². The van der Waals surface area contributed by atoms with Gasteiger partial charge in [-0.2, -0.15) is 0 Å². The third-order valence-electron chi connectivity index (χ3n) is 10.9. The SMILES string of the molecule is CC/C=C\C/C=C\C/C=C\C/C=C\CCCCCCCCC(=O)OCC(COC(=O)CCCCCCC/C=C\CCCC)OC(=O)CCCCCCC/C=C\C/C=C\CCCCC. The second-order valence-corrected chi connectivity index (χ2v) is 17.0. The molecule has 1 atom stereocenters. The molecular formula is C57H96O6. The van der Waals surface area contributed by atoms with E-state index < -0.39 is 6.10 Å². The number of rotatable bonds is 46. The summed E-state index contributed by atoms with van der Waals surface area (Å²) in [5.74, 6) is -0.930. The molecule has 0 aliphatic carbocycles. The van der Waals surface area contributed by atoms with Crippen molar-refractivity contribution in [1.29, 1.82) is 0 Å². The van der Waals surface area contributed by atoms with Crippen molar-refractivity contribution in [3.8, 4) is 0 Å². The van der Waals surface area contributed by atoms with Crippen molar-refractivity contribution < 1.29 is 28.6 Å². The lowest BCUT2D eigenvalue weighted by Gasteiger charge is -2.18. The van der Waals surface area contributed by atoms with Crippen molar-refractivity contribution in [3.63, 3.8) is 0 Å². The van der Waals surface area contributed by atoms with E-state index in [0.717, 1.165) is 128 Å². The molecule has 0 spiro atoms. The van der Waals surface area contributed by atoms with Gasteiger partial charge in [0.15, 0.2) is 6.10 Å². The molecule has 0 aromatic rings. The van der Waals surface area contributed by atoms with E-state index >= 15 is 0 Å². The van der Waals surface area contributed by atoms with E-state index in [2.05, 4.69) is 106 Å². The van der Waals surface area contributed by atoms with Crippen LogP contribution in [0.2, 0.25) is 0 Å². The molecule has 0 rings (SSSR count). The summed E-state index contributed by atoms with van der Waals surface area (Å²) in [5.41, 5.74) is 0. The maximum atomic E-state index is 12.8. The van der Waals surface area contributed by atoms with E-state index in [1.165, 1.54) is 70.6 Å². The molecule has 0 aliphatic rings. The van der Waals surface area contributed by atoms with Crippen molar-refractivity contribution >= 4 is 17.9 Å². The summed E-state index contributed by atoms with van der Waals surface area (Å²) in [6.45, 7) is 6.42. The maximum absolute atomic E-state index is 12.8. The van der Waals surface area contributed by atoms with Gasteiger partial charge in [0.1, 0.15) is 13.2 Å². The fraction of sp³-hybridized carbons (Fsp3) is 0.702. The number of allylic oxidation sites excluding steroid dienone is 14. The average molecular weight is 877 g/mol.